The van der Waals surface area contributed by atoms with Crippen LogP contribution in [0.2, 0.25) is 0 Å². The van der Waals surface area contributed by atoms with Gasteiger partial charge in [0.15, 0.2) is 0 Å². The van der Waals surface area contributed by atoms with Gasteiger partial charge in [0.05, 0.1) is 0 Å². The van der Waals surface area contributed by atoms with E-state index in [2.05, 4.69) is 33.0 Å². The lowest BCUT2D eigenvalue weighted by Crippen LogP contribution is -2.54. The first-order valence-electron chi connectivity index (χ1n) is 7.38. The number of nitrogens with two attached hydrogens (primary N) is 1. The van der Waals surface area contributed by atoms with Gasteiger partial charge in [-0.15, -0.1) is 0 Å². The minimum Gasteiger partial charge on any atom is -0.349 e. The second kappa shape index (κ2) is 6.55. The number of amides is 1. The second-order valence-corrected chi connectivity index (χ2v) is 6.81. The average molecular weight is 254 g/mol. The van der Waals surface area contributed by atoms with E-state index in [0.717, 1.165) is 25.2 Å². The summed E-state index contributed by atoms with van der Waals surface area (Å²) < 4.78 is 0. The van der Waals surface area contributed by atoms with Crippen LogP contribution in [0, 0.1) is 17.8 Å². The SMILES string of the molecule is CC(C)CC(C)(CN)NC(=O)C1CCC(C)CC1. The summed E-state index contributed by atoms with van der Waals surface area (Å²) in [5.74, 6) is 1.76. The molecule has 0 bridgehead atoms. The number of hydrogen-bond acceptors (Lipinski definition) is 2. The molecular formula is C15H30N2O. The first kappa shape index (κ1) is 15.5. The first-order chi connectivity index (χ1) is 8.36. The topological polar surface area (TPSA) is 55.1 Å². The Bertz CT molecular complexity index is 270. The molecule has 1 rings (SSSR count). The van der Waals surface area contributed by atoms with E-state index in [-0.39, 0.29) is 17.4 Å². The summed E-state index contributed by atoms with van der Waals surface area (Å²) >= 11 is 0. The van der Waals surface area contributed by atoms with E-state index in [4.69, 9.17) is 5.73 Å². The maximum absolute atomic E-state index is 12.3. The minimum atomic E-state index is -0.242. The molecule has 1 amide bonds. The Morgan fingerprint density at radius 3 is 2.33 bits per heavy atom. The van der Waals surface area contributed by atoms with Gasteiger partial charge in [-0.05, 0) is 50.9 Å². The molecule has 1 aliphatic carbocycles. The van der Waals surface area contributed by atoms with Crippen LogP contribution >= 0.6 is 0 Å². The molecule has 106 valence electrons. The van der Waals surface area contributed by atoms with Crippen molar-refractivity contribution in [2.24, 2.45) is 23.5 Å². The quantitative estimate of drug-likeness (QED) is 0.792. The maximum Gasteiger partial charge on any atom is 0.223 e. The fourth-order valence-corrected chi connectivity index (χ4v) is 3.01. The summed E-state index contributed by atoms with van der Waals surface area (Å²) in [5, 5.41) is 3.20. The van der Waals surface area contributed by atoms with Crippen LogP contribution in [0.15, 0.2) is 0 Å². The van der Waals surface area contributed by atoms with Crippen LogP contribution in [0.1, 0.15) is 59.8 Å². The highest BCUT2D eigenvalue weighted by molar-refractivity contribution is 5.79. The maximum atomic E-state index is 12.3. The highest BCUT2D eigenvalue weighted by Gasteiger charge is 2.30. The highest BCUT2D eigenvalue weighted by atomic mass is 16.2. The summed E-state index contributed by atoms with van der Waals surface area (Å²) in [4.78, 5) is 12.3. The van der Waals surface area contributed by atoms with Crippen LogP contribution in [-0.2, 0) is 4.79 Å². The Kier molecular flexibility index (Phi) is 5.64. The lowest BCUT2D eigenvalue weighted by Gasteiger charge is -2.34. The lowest BCUT2D eigenvalue weighted by molar-refractivity contribution is -0.128. The molecule has 3 N–H and O–H groups in total. The summed E-state index contributed by atoms with van der Waals surface area (Å²) in [5.41, 5.74) is 5.60. The van der Waals surface area contributed by atoms with Gasteiger partial charge in [-0.2, -0.15) is 0 Å². The molecule has 0 aromatic rings. The summed E-state index contributed by atoms with van der Waals surface area (Å²) in [6, 6.07) is 0. The van der Waals surface area contributed by atoms with Crippen molar-refractivity contribution in [3.05, 3.63) is 0 Å². The van der Waals surface area contributed by atoms with E-state index in [1.165, 1.54) is 12.8 Å². The normalized spacial score (nSPS) is 27.9. The van der Waals surface area contributed by atoms with Crippen molar-refractivity contribution in [2.45, 2.75) is 65.3 Å². The van der Waals surface area contributed by atoms with Crippen molar-refractivity contribution in [1.29, 1.82) is 0 Å². The zero-order chi connectivity index (χ0) is 13.8. The van der Waals surface area contributed by atoms with E-state index in [0.29, 0.717) is 12.5 Å². The molecular weight excluding hydrogens is 224 g/mol. The molecule has 1 saturated carbocycles. The third kappa shape index (κ3) is 4.60. The van der Waals surface area contributed by atoms with E-state index in [1.54, 1.807) is 0 Å². The molecule has 1 aliphatic rings. The summed E-state index contributed by atoms with van der Waals surface area (Å²) in [6.45, 7) is 9.19. The Morgan fingerprint density at radius 2 is 1.89 bits per heavy atom. The molecule has 0 aromatic carbocycles. The van der Waals surface area contributed by atoms with Crippen LogP contribution in [0.3, 0.4) is 0 Å². The van der Waals surface area contributed by atoms with Crippen LogP contribution in [-0.4, -0.2) is 18.0 Å². The predicted molar refractivity (Wildman–Crippen MR) is 76.2 cm³/mol. The molecule has 1 fully saturated rings. The van der Waals surface area contributed by atoms with Crippen LogP contribution in [0.4, 0.5) is 0 Å². The van der Waals surface area contributed by atoms with Gasteiger partial charge >= 0.3 is 0 Å². The first-order valence-corrected chi connectivity index (χ1v) is 7.38. The Morgan fingerprint density at radius 1 is 1.33 bits per heavy atom. The fourth-order valence-electron chi connectivity index (χ4n) is 3.01. The van der Waals surface area contributed by atoms with Crippen molar-refractivity contribution < 1.29 is 4.79 Å². The second-order valence-electron chi connectivity index (χ2n) is 6.81. The van der Waals surface area contributed by atoms with Gasteiger partial charge in [-0.3, -0.25) is 4.79 Å². The Balaban J connectivity index is 2.51. The summed E-state index contributed by atoms with van der Waals surface area (Å²) in [7, 11) is 0. The van der Waals surface area contributed by atoms with Crippen LogP contribution in [0.25, 0.3) is 0 Å². The fraction of sp³-hybridized carbons (Fsp3) is 0.933. The molecule has 0 radical (unpaired) electrons. The highest BCUT2D eigenvalue weighted by Crippen LogP contribution is 2.29. The van der Waals surface area contributed by atoms with Gasteiger partial charge < -0.3 is 11.1 Å². The van der Waals surface area contributed by atoms with E-state index >= 15 is 0 Å². The minimum absolute atomic E-state index is 0.208. The van der Waals surface area contributed by atoms with Crippen LogP contribution < -0.4 is 11.1 Å². The molecule has 0 heterocycles. The smallest absolute Gasteiger partial charge is 0.223 e. The number of carbonyl (C=O) groups excluding carboxylic acids is 1. The molecule has 1 unspecified atom stereocenters. The van der Waals surface area contributed by atoms with Crippen molar-refractivity contribution in [3.63, 3.8) is 0 Å². The molecule has 0 spiro atoms. The van der Waals surface area contributed by atoms with Gasteiger partial charge in [-0.1, -0.05) is 20.8 Å². The molecule has 3 nitrogen and oxygen atoms in total. The third-order valence-electron chi connectivity index (χ3n) is 4.12. The van der Waals surface area contributed by atoms with E-state index < -0.39 is 0 Å². The molecule has 0 saturated heterocycles. The Labute approximate surface area is 112 Å². The van der Waals surface area contributed by atoms with Gasteiger partial charge in [-0.25, -0.2) is 0 Å². The molecule has 0 aromatic heterocycles. The average Bonchev–Trinajstić information content (AvgIpc) is 2.28. The van der Waals surface area contributed by atoms with Crippen molar-refractivity contribution in [2.75, 3.05) is 6.54 Å². The zero-order valence-electron chi connectivity index (χ0n) is 12.5. The monoisotopic (exact) mass is 254 g/mol. The number of rotatable bonds is 5. The van der Waals surface area contributed by atoms with E-state index in [1.807, 2.05) is 0 Å². The summed E-state index contributed by atoms with van der Waals surface area (Å²) in [6.07, 6.45) is 5.38. The number of carbonyl (C=O) groups is 1. The largest absolute Gasteiger partial charge is 0.349 e. The third-order valence-corrected chi connectivity index (χ3v) is 4.12. The number of hydrogen-bond donors (Lipinski definition) is 2. The molecule has 0 aliphatic heterocycles. The van der Waals surface area contributed by atoms with Gasteiger partial charge in [0, 0.05) is 18.0 Å². The molecule has 1 atom stereocenters. The lowest BCUT2D eigenvalue weighted by atomic mass is 9.81. The standard InChI is InChI=1S/C15H30N2O/c1-11(2)9-15(4,10-16)17-14(18)13-7-5-12(3)6-8-13/h11-13H,5-10,16H2,1-4H3,(H,17,18). The molecule has 3 heteroatoms. The predicted octanol–water partition coefficient (Wildman–Crippen LogP) is 2.69. The van der Waals surface area contributed by atoms with Gasteiger partial charge in [0.1, 0.15) is 0 Å². The van der Waals surface area contributed by atoms with Gasteiger partial charge in [0.25, 0.3) is 0 Å². The van der Waals surface area contributed by atoms with Gasteiger partial charge in [0.2, 0.25) is 5.91 Å². The van der Waals surface area contributed by atoms with Crippen molar-refractivity contribution in [3.8, 4) is 0 Å². The van der Waals surface area contributed by atoms with E-state index in [9.17, 15) is 4.79 Å². The number of nitrogens with one attached hydrogen (secondary N) is 1. The van der Waals surface area contributed by atoms with Crippen molar-refractivity contribution >= 4 is 5.91 Å². The Hall–Kier alpha value is -0.570. The van der Waals surface area contributed by atoms with Crippen molar-refractivity contribution in [1.82, 2.24) is 5.32 Å². The van der Waals surface area contributed by atoms with Crippen LogP contribution in [0.5, 0.6) is 0 Å². The molecule has 18 heavy (non-hydrogen) atoms. The zero-order valence-corrected chi connectivity index (χ0v) is 12.5.